The molecule has 3 nitrogen and oxygen atoms in total. The summed E-state index contributed by atoms with van der Waals surface area (Å²) in [4.78, 5) is 0. The Kier molecular flexibility index (Phi) is 4.90. The fourth-order valence-corrected chi connectivity index (χ4v) is 2.15. The van der Waals surface area contributed by atoms with E-state index in [9.17, 15) is 8.78 Å². The molecule has 0 amide bonds. The maximum Gasteiger partial charge on any atom is 0.146 e. The molecule has 2 rings (SSSR count). The van der Waals surface area contributed by atoms with Gasteiger partial charge in [-0.05, 0) is 45.8 Å². The van der Waals surface area contributed by atoms with E-state index >= 15 is 0 Å². The normalized spacial score (nSPS) is 10.4. The summed E-state index contributed by atoms with van der Waals surface area (Å²) >= 11 is 3.01. The summed E-state index contributed by atoms with van der Waals surface area (Å²) in [7, 11) is 0. The lowest BCUT2D eigenvalue weighted by Crippen LogP contribution is -2.12. The van der Waals surface area contributed by atoms with Crippen LogP contribution >= 0.6 is 15.9 Å². The monoisotopic (exact) mass is 354 g/mol. The fourth-order valence-electron chi connectivity index (χ4n) is 1.78. The predicted octanol–water partition coefficient (Wildman–Crippen LogP) is 3.78. The lowest BCUT2D eigenvalue weighted by molar-refractivity contribution is 0.292. The maximum absolute atomic E-state index is 13.8. The number of ether oxygens (including phenoxy) is 1. The van der Waals surface area contributed by atoms with Gasteiger partial charge < -0.3 is 10.5 Å². The molecule has 2 aromatic rings. The molecule has 110 valence electrons. The summed E-state index contributed by atoms with van der Waals surface area (Å²) in [6.45, 7) is -0.205. The molecule has 0 heterocycles. The van der Waals surface area contributed by atoms with Gasteiger partial charge in [0.2, 0.25) is 0 Å². The van der Waals surface area contributed by atoms with Gasteiger partial charge in [-0.3, -0.25) is 5.41 Å². The van der Waals surface area contributed by atoms with Crippen LogP contribution < -0.4 is 10.5 Å². The largest absolute Gasteiger partial charge is 0.489 e. The molecular weight excluding hydrogens is 342 g/mol. The van der Waals surface area contributed by atoms with Crippen molar-refractivity contribution in [2.45, 2.75) is 13.0 Å². The third kappa shape index (κ3) is 4.01. The number of hydrogen-bond donors (Lipinski definition) is 2. The lowest BCUT2D eigenvalue weighted by Gasteiger charge is -2.09. The number of hydrogen-bond acceptors (Lipinski definition) is 2. The van der Waals surface area contributed by atoms with Crippen LogP contribution in [0, 0.1) is 17.0 Å². The number of nitrogens with two attached hydrogens (primary N) is 1. The molecule has 0 fully saturated rings. The molecule has 0 aromatic heterocycles. The first-order valence-electron chi connectivity index (χ1n) is 6.14. The Hall–Kier alpha value is -1.95. The highest BCUT2D eigenvalue weighted by atomic mass is 79.9. The van der Waals surface area contributed by atoms with Gasteiger partial charge >= 0.3 is 0 Å². The Morgan fingerprint density at radius 1 is 1.14 bits per heavy atom. The highest BCUT2D eigenvalue weighted by Crippen LogP contribution is 2.23. The van der Waals surface area contributed by atoms with Crippen LogP contribution in [0.2, 0.25) is 0 Å². The van der Waals surface area contributed by atoms with E-state index < -0.39 is 11.6 Å². The van der Waals surface area contributed by atoms with Crippen molar-refractivity contribution < 1.29 is 13.5 Å². The quantitative estimate of drug-likeness (QED) is 0.487. The third-order valence-corrected chi connectivity index (χ3v) is 3.45. The number of halogens is 3. The molecule has 0 radical (unpaired) electrons. The van der Waals surface area contributed by atoms with Crippen LogP contribution in [0.5, 0.6) is 5.75 Å². The van der Waals surface area contributed by atoms with Crippen LogP contribution in [0.4, 0.5) is 8.78 Å². The molecule has 21 heavy (non-hydrogen) atoms. The van der Waals surface area contributed by atoms with E-state index in [2.05, 4.69) is 15.9 Å². The van der Waals surface area contributed by atoms with Gasteiger partial charge in [-0.2, -0.15) is 0 Å². The zero-order chi connectivity index (χ0) is 15.4. The Morgan fingerprint density at radius 2 is 1.81 bits per heavy atom. The van der Waals surface area contributed by atoms with E-state index in [0.29, 0.717) is 12.2 Å². The molecule has 0 atom stereocenters. The molecule has 0 aliphatic carbocycles. The van der Waals surface area contributed by atoms with E-state index in [-0.39, 0.29) is 22.5 Å². The van der Waals surface area contributed by atoms with Gasteiger partial charge in [-0.25, -0.2) is 8.78 Å². The van der Waals surface area contributed by atoms with E-state index in [1.165, 1.54) is 12.1 Å². The minimum Gasteiger partial charge on any atom is -0.489 e. The van der Waals surface area contributed by atoms with Crippen molar-refractivity contribution in [3.63, 3.8) is 0 Å². The van der Waals surface area contributed by atoms with Crippen LogP contribution in [0.3, 0.4) is 0 Å². The second-order valence-electron chi connectivity index (χ2n) is 4.46. The summed E-state index contributed by atoms with van der Waals surface area (Å²) in [5.41, 5.74) is 6.05. The molecule has 0 spiro atoms. The predicted molar refractivity (Wildman–Crippen MR) is 80.5 cm³/mol. The Labute approximate surface area is 129 Å². The van der Waals surface area contributed by atoms with Crippen LogP contribution in [0.25, 0.3) is 0 Å². The van der Waals surface area contributed by atoms with Gasteiger partial charge in [0.05, 0.1) is 15.9 Å². The summed E-state index contributed by atoms with van der Waals surface area (Å²) in [6, 6.07) is 9.35. The minimum atomic E-state index is -0.664. The van der Waals surface area contributed by atoms with Crippen molar-refractivity contribution in [2.24, 2.45) is 5.73 Å². The highest BCUT2D eigenvalue weighted by Gasteiger charge is 2.12. The topological polar surface area (TPSA) is 59.1 Å². The van der Waals surface area contributed by atoms with Crippen LogP contribution in [0.15, 0.2) is 40.9 Å². The fraction of sp³-hybridized carbons (Fsp3) is 0.133. The lowest BCUT2D eigenvalue weighted by atomic mass is 10.1. The van der Waals surface area contributed by atoms with E-state index in [1.807, 2.05) is 0 Å². The Bertz CT molecular complexity index is 659. The standard InChI is InChI=1S/C15H13BrF2N2O/c16-12-5-6-13(17)11(15(12)18)8-21-10-3-1-9(2-4-10)7-14(19)20/h1-6H,7-8H2,(H3,19,20). The van der Waals surface area contributed by atoms with Crippen molar-refractivity contribution >= 4 is 21.8 Å². The first-order chi connectivity index (χ1) is 9.97. The number of rotatable bonds is 5. The molecule has 2 aromatic carbocycles. The molecule has 0 saturated carbocycles. The molecule has 3 N–H and O–H groups in total. The molecule has 0 saturated heterocycles. The maximum atomic E-state index is 13.8. The SMILES string of the molecule is N=C(N)Cc1ccc(OCc2c(F)ccc(Br)c2F)cc1. The Morgan fingerprint density at radius 3 is 2.43 bits per heavy atom. The smallest absolute Gasteiger partial charge is 0.146 e. The average molecular weight is 355 g/mol. The van der Waals surface area contributed by atoms with E-state index in [4.69, 9.17) is 15.9 Å². The van der Waals surface area contributed by atoms with Crippen molar-refractivity contribution in [3.05, 3.63) is 63.6 Å². The summed E-state index contributed by atoms with van der Waals surface area (Å²) in [5, 5.41) is 7.20. The van der Waals surface area contributed by atoms with Crippen molar-refractivity contribution in [3.8, 4) is 5.75 Å². The summed E-state index contributed by atoms with van der Waals surface area (Å²) in [6.07, 6.45) is 0.356. The first kappa shape index (κ1) is 15.4. The van der Waals surface area contributed by atoms with E-state index in [0.717, 1.165) is 5.56 Å². The van der Waals surface area contributed by atoms with Crippen molar-refractivity contribution in [2.75, 3.05) is 0 Å². The molecule has 0 aliphatic rings. The highest BCUT2D eigenvalue weighted by molar-refractivity contribution is 9.10. The third-order valence-electron chi connectivity index (χ3n) is 2.84. The van der Waals surface area contributed by atoms with Crippen LogP contribution in [-0.4, -0.2) is 5.84 Å². The molecular formula is C15H13BrF2N2O. The summed E-state index contributed by atoms with van der Waals surface area (Å²) < 4.78 is 32.9. The summed E-state index contributed by atoms with van der Waals surface area (Å²) in [5.74, 6) is -0.755. The van der Waals surface area contributed by atoms with Gasteiger partial charge in [0.15, 0.2) is 0 Å². The van der Waals surface area contributed by atoms with Crippen LogP contribution in [-0.2, 0) is 13.0 Å². The molecule has 0 unspecified atom stereocenters. The Balaban J connectivity index is 2.07. The van der Waals surface area contributed by atoms with Crippen molar-refractivity contribution in [1.82, 2.24) is 0 Å². The van der Waals surface area contributed by atoms with E-state index in [1.54, 1.807) is 24.3 Å². The number of amidine groups is 1. The number of nitrogens with one attached hydrogen (secondary N) is 1. The van der Waals surface area contributed by atoms with Crippen LogP contribution in [0.1, 0.15) is 11.1 Å². The minimum absolute atomic E-state index is 0.0712. The second kappa shape index (κ2) is 6.67. The molecule has 0 aliphatic heterocycles. The number of benzene rings is 2. The van der Waals surface area contributed by atoms with Gasteiger partial charge in [0, 0.05) is 6.42 Å². The second-order valence-corrected chi connectivity index (χ2v) is 5.31. The first-order valence-corrected chi connectivity index (χ1v) is 6.93. The molecule has 0 bridgehead atoms. The molecule has 6 heteroatoms. The van der Waals surface area contributed by atoms with Gasteiger partial charge in [-0.1, -0.05) is 12.1 Å². The zero-order valence-electron chi connectivity index (χ0n) is 11.0. The van der Waals surface area contributed by atoms with Gasteiger partial charge in [-0.15, -0.1) is 0 Å². The zero-order valence-corrected chi connectivity index (χ0v) is 12.6. The van der Waals surface area contributed by atoms with Crippen molar-refractivity contribution in [1.29, 1.82) is 5.41 Å². The van der Waals surface area contributed by atoms with Gasteiger partial charge in [0.1, 0.15) is 24.0 Å². The van der Waals surface area contributed by atoms with Gasteiger partial charge in [0.25, 0.3) is 0 Å². The average Bonchev–Trinajstić information content (AvgIpc) is 2.44.